The highest BCUT2D eigenvalue weighted by molar-refractivity contribution is 5.91. The van der Waals surface area contributed by atoms with Gasteiger partial charge in [0.05, 0.1) is 16.8 Å². The molecular weight excluding hydrogens is 379 g/mol. The number of alkyl halides is 3. The maximum absolute atomic E-state index is 12.7. The van der Waals surface area contributed by atoms with Gasteiger partial charge in [-0.15, -0.1) is 0 Å². The second-order valence-electron chi connectivity index (χ2n) is 5.30. The van der Waals surface area contributed by atoms with Gasteiger partial charge in [0.15, 0.2) is 0 Å². The summed E-state index contributed by atoms with van der Waals surface area (Å²) in [6.07, 6.45) is 1.84. The van der Waals surface area contributed by atoms with Gasteiger partial charge in [0.2, 0.25) is 0 Å². The number of hydrogen-bond donors (Lipinski definition) is 3. The smallest absolute Gasteiger partial charge is 0.416 e. The van der Waals surface area contributed by atoms with Crippen LogP contribution in [-0.2, 0) is 15.8 Å². The van der Waals surface area contributed by atoms with E-state index in [0.717, 1.165) is 12.1 Å². The van der Waals surface area contributed by atoms with Crippen molar-refractivity contribution in [2.75, 3.05) is 5.43 Å². The molecule has 7 nitrogen and oxygen atoms in total. The van der Waals surface area contributed by atoms with Crippen LogP contribution in [0.2, 0.25) is 0 Å². The summed E-state index contributed by atoms with van der Waals surface area (Å²) in [7, 11) is 0. The van der Waals surface area contributed by atoms with Gasteiger partial charge in [-0.2, -0.15) is 13.2 Å². The molecule has 0 spiro atoms. The number of aromatic nitrogens is 2. The van der Waals surface area contributed by atoms with Crippen LogP contribution >= 0.6 is 0 Å². The Morgan fingerprint density at radius 1 is 1.04 bits per heavy atom. The summed E-state index contributed by atoms with van der Waals surface area (Å²) in [6.45, 7) is 0. The third-order valence-corrected chi connectivity index (χ3v) is 3.29. The molecule has 0 amide bonds. The Hall–Kier alpha value is -3.82. The molecule has 0 bridgehead atoms. The number of rotatable bonds is 4. The third-order valence-electron chi connectivity index (χ3n) is 3.29. The first-order chi connectivity index (χ1) is 13.2. The number of nitrogens with one attached hydrogen (secondary N) is 1. The minimum atomic E-state index is -4.36. The fourth-order valence-corrected chi connectivity index (χ4v) is 2.11. The van der Waals surface area contributed by atoms with E-state index in [1.165, 1.54) is 12.3 Å². The van der Waals surface area contributed by atoms with Crippen LogP contribution in [0, 0.1) is 0 Å². The van der Waals surface area contributed by atoms with Gasteiger partial charge < -0.3 is 10.2 Å². The van der Waals surface area contributed by atoms with Crippen molar-refractivity contribution in [1.82, 2.24) is 9.66 Å². The predicted molar refractivity (Wildman–Crippen MR) is 94.6 cm³/mol. The molecule has 0 aliphatic rings. The van der Waals surface area contributed by atoms with Crippen LogP contribution < -0.4 is 5.43 Å². The second-order valence-corrected chi connectivity index (χ2v) is 5.30. The summed E-state index contributed by atoms with van der Waals surface area (Å²) in [4.78, 5) is 23.1. The Morgan fingerprint density at radius 3 is 2.18 bits per heavy atom. The topological polar surface area (TPSA) is 104 Å². The maximum Gasteiger partial charge on any atom is 0.416 e. The fraction of sp³-hybridized carbons (Fsp3) is 0.0556. The monoisotopic (exact) mass is 393 g/mol. The van der Waals surface area contributed by atoms with Gasteiger partial charge in [-0.25, -0.2) is 9.59 Å². The molecule has 0 saturated carbocycles. The lowest BCUT2D eigenvalue weighted by molar-refractivity contribution is -0.137. The number of pyridine rings is 1. The number of carbonyl (C=O) groups is 2. The summed E-state index contributed by atoms with van der Waals surface area (Å²) in [5.74, 6) is -2.51. The fourth-order valence-electron chi connectivity index (χ4n) is 2.11. The zero-order chi connectivity index (χ0) is 20.7. The van der Waals surface area contributed by atoms with Gasteiger partial charge in [0.1, 0.15) is 0 Å². The van der Waals surface area contributed by atoms with Gasteiger partial charge >= 0.3 is 18.1 Å². The van der Waals surface area contributed by atoms with Crippen LogP contribution in [0.1, 0.15) is 5.56 Å². The lowest BCUT2D eigenvalue weighted by Crippen LogP contribution is -2.07. The Labute approximate surface area is 156 Å². The molecule has 1 aromatic carbocycles. The van der Waals surface area contributed by atoms with Crippen LogP contribution in [0.4, 0.5) is 18.9 Å². The number of hydrogen-bond acceptors (Lipinski definition) is 4. The SMILES string of the molecule is FC(F)(F)c1ccc2c(Nn3cccc3)ccnc2c1.O=C(O)/C=C\C(=O)O. The first kappa shape index (κ1) is 20.5. The molecule has 0 aliphatic heterocycles. The van der Waals surface area contributed by atoms with E-state index in [-0.39, 0.29) is 0 Å². The number of fused-ring (bicyclic) bond motifs is 1. The molecule has 0 fully saturated rings. The lowest BCUT2D eigenvalue weighted by atomic mass is 10.1. The molecule has 0 atom stereocenters. The predicted octanol–water partition coefficient (Wildman–Crippen LogP) is 3.64. The molecule has 0 aliphatic carbocycles. The number of carboxylic acids is 2. The Morgan fingerprint density at radius 2 is 1.64 bits per heavy atom. The van der Waals surface area contributed by atoms with Gasteiger partial charge in [0.25, 0.3) is 0 Å². The number of halogens is 3. The average molecular weight is 393 g/mol. The van der Waals surface area contributed by atoms with E-state index in [2.05, 4.69) is 10.4 Å². The van der Waals surface area contributed by atoms with Crippen molar-refractivity contribution in [2.24, 2.45) is 0 Å². The molecule has 3 N–H and O–H groups in total. The van der Waals surface area contributed by atoms with Crippen molar-refractivity contribution in [2.45, 2.75) is 6.18 Å². The molecule has 146 valence electrons. The largest absolute Gasteiger partial charge is 0.478 e. The summed E-state index contributed by atoms with van der Waals surface area (Å²) in [5, 5.41) is 16.3. The Balaban J connectivity index is 0.000000300. The van der Waals surface area contributed by atoms with Crippen LogP contribution in [0.25, 0.3) is 10.9 Å². The van der Waals surface area contributed by atoms with Crippen molar-refractivity contribution in [3.8, 4) is 0 Å². The summed E-state index contributed by atoms with van der Waals surface area (Å²) >= 11 is 0. The minimum Gasteiger partial charge on any atom is -0.478 e. The van der Waals surface area contributed by atoms with E-state index in [9.17, 15) is 22.8 Å². The van der Waals surface area contributed by atoms with Crippen LogP contribution in [-0.4, -0.2) is 31.8 Å². The summed E-state index contributed by atoms with van der Waals surface area (Å²) in [6, 6.07) is 8.95. The highest BCUT2D eigenvalue weighted by Crippen LogP contribution is 2.32. The minimum absolute atomic E-state index is 0.303. The molecular formula is C18H14F3N3O4. The van der Waals surface area contributed by atoms with E-state index < -0.39 is 23.7 Å². The van der Waals surface area contributed by atoms with Crippen molar-refractivity contribution < 1.29 is 33.0 Å². The molecule has 2 heterocycles. The molecule has 3 aromatic rings. The van der Waals surface area contributed by atoms with Gasteiger partial charge in [-0.05, 0) is 30.3 Å². The Bertz CT molecular complexity index is 983. The summed E-state index contributed by atoms with van der Waals surface area (Å²) in [5.41, 5.74) is 3.38. The van der Waals surface area contributed by atoms with Gasteiger partial charge in [-0.1, -0.05) is 6.07 Å². The number of anilines is 1. The summed E-state index contributed by atoms with van der Waals surface area (Å²) < 4.78 is 39.7. The highest BCUT2D eigenvalue weighted by Gasteiger charge is 2.30. The zero-order valence-electron chi connectivity index (χ0n) is 14.1. The van der Waals surface area contributed by atoms with E-state index in [4.69, 9.17) is 10.2 Å². The van der Waals surface area contributed by atoms with E-state index >= 15 is 0 Å². The molecule has 0 radical (unpaired) electrons. The van der Waals surface area contributed by atoms with Crippen molar-refractivity contribution in [3.05, 3.63) is 72.7 Å². The first-order valence-corrected chi connectivity index (χ1v) is 7.66. The Kier molecular flexibility index (Phi) is 6.38. The average Bonchev–Trinajstić information content (AvgIpc) is 3.13. The second kappa shape index (κ2) is 8.71. The van der Waals surface area contributed by atoms with Crippen molar-refractivity contribution in [1.29, 1.82) is 0 Å². The third kappa shape index (κ3) is 5.87. The van der Waals surface area contributed by atoms with Gasteiger partial charge in [-0.3, -0.25) is 15.1 Å². The lowest BCUT2D eigenvalue weighted by Gasteiger charge is -2.12. The number of benzene rings is 1. The van der Waals surface area contributed by atoms with Crippen LogP contribution in [0.5, 0.6) is 0 Å². The number of aliphatic carboxylic acids is 2. The first-order valence-electron chi connectivity index (χ1n) is 7.66. The molecule has 3 rings (SSSR count). The molecule has 28 heavy (non-hydrogen) atoms. The molecule has 10 heteroatoms. The van der Waals surface area contributed by atoms with Gasteiger partial charge in [0, 0.05) is 36.1 Å². The van der Waals surface area contributed by atoms with Crippen LogP contribution in [0.3, 0.4) is 0 Å². The molecule has 0 saturated heterocycles. The maximum atomic E-state index is 12.7. The van der Waals surface area contributed by atoms with E-state index in [0.29, 0.717) is 28.7 Å². The molecule has 2 aromatic heterocycles. The zero-order valence-corrected chi connectivity index (χ0v) is 14.1. The standard InChI is InChI=1S/C14H10F3N3.C4H4O4/c15-14(16,17)10-3-4-11-12(5-6-18-13(11)9-10)19-20-7-1-2-8-20;5-3(6)1-2-4(7)8/h1-9H,(H,18,19);1-2H,(H,5,6)(H,7,8)/b;2-1-. The quantitative estimate of drug-likeness (QED) is 0.585. The highest BCUT2D eigenvalue weighted by atomic mass is 19.4. The van der Waals surface area contributed by atoms with Crippen molar-refractivity contribution >= 4 is 28.5 Å². The molecule has 0 unspecified atom stereocenters. The number of carboxylic acid groups (broad SMARTS) is 2. The number of nitrogens with zero attached hydrogens (tertiary/aromatic N) is 2. The van der Waals surface area contributed by atoms with Crippen molar-refractivity contribution in [3.63, 3.8) is 0 Å². The normalized spacial score (nSPS) is 11.1. The van der Waals surface area contributed by atoms with E-state index in [1.54, 1.807) is 23.1 Å². The van der Waals surface area contributed by atoms with E-state index in [1.807, 2.05) is 12.1 Å². The van der Waals surface area contributed by atoms with Crippen LogP contribution in [0.15, 0.2) is 67.1 Å².